The van der Waals surface area contributed by atoms with E-state index in [1.165, 1.54) is 0 Å². The smallest absolute Gasteiger partial charge is 0.255 e. The molecular weight excluding hydrogens is 310 g/mol. The fourth-order valence-electron chi connectivity index (χ4n) is 3.30. The number of fused-ring (bicyclic) bond motifs is 1. The second-order valence-corrected chi connectivity index (χ2v) is 6.71. The van der Waals surface area contributed by atoms with Gasteiger partial charge in [-0.05, 0) is 42.0 Å². The van der Waals surface area contributed by atoms with Gasteiger partial charge in [0.05, 0.1) is 24.8 Å². The molecule has 1 fully saturated rings. The van der Waals surface area contributed by atoms with Crippen LogP contribution in [0.4, 0.5) is 0 Å². The van der Waals surface area contributed by atoms with Crippen LogP contribution in [0, 0.1) is 0 Å². The van der Waals surface area contributed by atoms with E-state index in [1.807, 2.05) is 33.9 Å². The highest BCUT2D eigenvalue weighted by molar-refractivity contribution is 7.08. The van der Waals surface area contributed by atoms with Gasteiger partial charge >= 0.3 is 0 Å². The molecule has 4 nitrogen and oxygen atoms in total. The standard InChI is InChI=1S/C18H19NO3S/c20-18(14-6-10-23-12-14)19-7-1-3-15(19)13-4-5-16-17(11-13)22-9-2-8-21-16/h4-6,10-12,15H,1-3,7-9H2. The van der Waals surface area contributed by atoms with Crippen molar-refractivity contribution in [1.29, 1.82) is 0 Å². The summed E-state index contributed by atoms with van der Waals surface area (Å²) in [6.45, 7) is 2.19. The van der Waals surface area contributed by atoms with Crippen LogP contribution in [0.15, 0.2) is 35.0 Å². The zero-order valence-electron chi connectivity index (χ0n) is 12.9. The number of carbonyl (C=O) groups excluding carboxylic acids is 1. The molecule has 0 bridgehead atoms. The first kappa shape index (κ1) is 14.6. The summed E-state index contributed by atoms with van der Waals surface area (Å²) in [5.41, 5.74) is 1.92. The SMILES string of the molecule is O=C(c1ccsc1)N1CCCC1c1ccc2c(c1)OCCCO2. The summed E-state index contributed by atoms with van der Waals surface area (Å²) in [5.74, 6) is 1.73. The molecule has 120 valence electrons. The van der Waals surface area contributed by atoms with Gasteiger partial charge in [0, 0.05) is 18.3 Å². The van der Waals surface area contributed by atoms with Gasteiger partial charge in [0.1, 0.15) is 0 Å². The van der Waals surface area contributed by atoms with Crippen molar-refractivity contribution in [2.75, 3.05) is 19.8 Å². The van der Waals surface area contributed by atoms with Gasteiger partial charge in [0.2, 0.25) is 0 Å². The van der Waals surface area contributed by atoms with Crippen molar-refractivity contribution in [3.63, 3.8) is 0 Å². The van der Waals surface area contributed by atoms with Crippen LogP contribution in [0.25, 0.3) is 0 Å². The molecule has 23 heavy (non-hydrogen) atoms. The topological polar surface area (TPSA) is 38.8 Å². The molecule has 0 spiro atoms. The molecule has 0 aliphatic carbocycles. The normalized spacial score (nSPS) is 20.3. The van der Waals surface area contributed by atoms with Crippen LogP contribution in [0.5, 0.6) is 11.5 Å². The van der Waals surface area contributed by atoms with Crippen molar-refractivity contribution < 1.29 is 14.3 Å². The first-order valence-corrected chi connectivity index (χ1v) is 9.00. The maximum atomic E-state index is 12.7. The number of amides is 1. The molecule has 1 amide bonds. The molecule has 1 atom stereocenters. The Kier molecular flexibility index (Phi) is 3.95. The fourth-order valence-corrected chi connectivity index (χ4v) is 3.93. The molecule has 1 aromatic heterocycles. The van der Waals surface area contributed by atoms with Crippen LogP contribution in [0.2, 0.25) is 0 Å². The van der Waals surface area contributed by atoms with E-state index >= 15 is 0 Å². The Morgan fingerprint density at radius 2 is 2.00 bits per heavy atom. The number of carbonyl (C=O) groups is 1. The molecule has 0 N–H and O–H groups in total. The molecule has 2 aliphatic rings. The van der Waals surface area contributed by atoms with Crippen LogP contribution in [0.3, 0.4) is 0 Å². The third-order valence-corrected chi connectivity index (χ3v) is 5.12. The van der Waals surface area contributed by atoms with Gasteiger partial charge in [-0.25, -0.2) is 0 Å². The van der Waals surface area contributed by atoms with E-state index in [4.69, 9.17) is 9.47 Å². The maximum absolute atomic E-state index is 12.7. The molecule has 0 radical (unpaired) electrons. The van der Waals surface area contributed by atoms with E-state index in [9.17, 15) is 4.79 Å². The van der Waals surface area contributed by atoms with Crippen LogP contribution >= 0.6 is 11.3 Å². The zero-order chi connectivity index (χ0) is 15.6. The van der Waals surface area contributed by atoms with E-state index < -0.39 is 0 Å². The number of benzene rings is 1. The lowest BCUT2D eigenvalue weighted by Crippen LogP contribution is -2.30. The molecule has 2 aliphatic heterocycles. The Labute approximate surface area is 139 Å². The Hall–Kier alpha value is -2.01. The fraction of sp³-hybridized carbons (Fsp3) is 0.389. The lowest BCUT2D eigenvalue weighted by molar-refractivity contribution is 0.0736. The minimum atomic E-state index is 0.125. The predicted octanol–water partition coefficient (Wildman–Crippen LogP) is 3.89. The monoisotopic (exact) mass is 329 g/mol. The summed E-state index contributed by atoms with van der Waals surface area (Å²) >= 11 is 1.56. The van der Waals surface area contributed by atoms with Gasteiger partial charge in [-0.15, -0.1) is 0 Å². The molecule has 1 aromatic carbocycles. The lowest BCUT2D eigenvalue weighted by atomic mass is 10.0. The van der Waals surface area contributed by atoms with Crippen molar-refractivity contribution >= 4 is 17.2 Å². The van der Waals surface area contributed by atoms with Crippen molar-refractivity contribution in [1.82, 2.24) is 4.90 Å². The molecule has 1 unspecified atom stereocenters. The van der Waals surface area contributed by atoms with Crippen LogP contribution in [0.1, 0.15) is 41.2 Å². The highest BCUT2D eigenvalue weighted by Gasteiger charge is 2.31. The second kappa shape index (κ2) is 6.24. The number of nitrogens with zero attached hydrogens (tertiary/aromatic N) is 1. The Morgan fingerprint density at radius 1 is 1.13 bits per heavy atom. The number of hydrogen-bond acceptors (Lipinski definition) is 4. The largest absolute Gasteiger partial charge is 0.490 e. The van der Waals surface area contributed by atoms with Crippen LogP contribution in [-0.4, -0.2) is 30.6 Å². The highest BCUT2D eigenvalue weighted by Crippen LogP contribution is 2.38. The Morgan fingerprint density at radius 3 is 2.83 bits per heavy atom. The third-order valence-electron chi connectivity index (χ3n) is 4.44. The lowest BCUT2D eigenvalue weighted by Gasteiger charge is -2.25. The molecule has 0 saturated carbocycles. The molecule has 5 heteroatoms. The van der Waals surface area contributed by atoms with Crippen molar-refractivity contribution in [2.24, 2.45) is 0 Å². The summed E-state index contributed by atoms with van der Waals surface area (Å²) in [5, 5.41) is 3.87. The van der Waals surface area contributed by atoms with Gasteiger partial charge in [0.15, 0.2) is 11.5 Å². The number of ether oxygens (including phenoxy) is 2. The molecular formula is C18H19NO3S. The van der Waals surface area contributed by atoms with E-state index in [0.717, 1.165) is 48.4 Å². The zero-order valence-corrected chi connectivity index (χ0v) is 13.7. The predicted molar refractivity (Wildman–Crippen MR) is 89.4 cm³/mol. The number of likely N-dealkylation sites (tertiary alicyclic amines) is 1. The van der Waals surface area contributed by atoms with Crippen LogP contribution < -0.4 is 9.47 Å². The summed E-state index contributed by atoms with van der Waals surface area (Å²) in [4.78, 5) is 14.7. The van der Waals surface area contributed by atoms with E-state index in [0.29, 0.717) is 13.2 Å². The van der Waals surface area contributed by atoms with E-state index in [-0.39, 0.29) is 11.9 Å². The summed E-state index contributed by atoms with van der Waals surface area (Å²) < 4.78 is 11.5. The second-order valence-electron chi connectivity index (χ2n) is 5.93. The summed E-state index contributed by atoms with van der Waals surface area (Å²) in [6, 6.07) is 8.11. The Bertz CT molecular complexity index is 698. The molecule has 2 aromatic rings. The van der Waals surface area contributed by atoms with Gasteiger partial charge in [-0.2, -0.15) is 11.3 Å². The first-order chi connectivity index (χ1) is 11.3. The molecule has 3 heterocycles. The van der Waals surface area contributed by atoms with Crippen molar-refractivity contribution in [3.05, 3.63) is 46.2 Å². The van der Waals surface area contributed by atoms with Crippen LogP contribution in [-0.2, 0) is 0 Å². The molecule has 4 rings (SSSR count). The van der Waals surface area contributed by atoms with Crippen molar-refractivity contribution in [2.45, 2.75) is 25.3 Å². The average Bonchev–Trinajstić information content (AvgIpc) is 3.22. The highest BCUT2D eigenvalue weighted by atomic mass is 32.1. The van der Waals surface area contributed by atoms with E-state index in [1.54, 1.807) is 11.3 Å². The van der Waals surface area contributed by atoms with Gasteiger partial charge in [-0.1, -0.05) is 6.07 Å². The van der Waals surface area contributed by atoms with Gasteiger partial charge in [-0.3, -0.25) is 4.79 Å². The van der Waals surface area contributed by atoms with Crippen molar-refractivity contribution in [3.8, 4) is 11.5 Å². The quantitative estimate of drug-likeness (QED) is 0.839. The number of thiophene rings is 1. The minimum absolute atomic E-state index is 0.125. The number of rotatable bonds is 2. The third kappa shape index (κ3) is 2.81. The molecule has 1 saturated heterocycles. The maximum Gasteiger partial charge on any atom is 0.255 e. The summed E-state index contributed by atoms with van der Waals surface area (Å²) in [6.07, 6.45) is 2.93. The average molecular weight is 329 g/mol. The summed E-state index contributed by atoms with van der Waals surface area (Å²) in [7, 11) is 0. The first-order valence-electron chi connectivity index (χ1n) is 8.05. The minimum Gasteiger partial charge on any atom is -0.490 e. The van der Waals surface area contributed by atoms with Gasteiger partial charge < -0.3 is 14.4 Å². The van der Waals surface area contributed by atoms with E-state index in [2.05, 4.69) is 6.07 Å². The number of hydrogen-bond donors (Lipinski definition) is 0. The van der Waals surface area contributed by atoms with Gasteiger partial charge in [0.25, 0.3) is 5.91 Å². The Balaban J connectivity index is 1.61.